The minimum absolute atomic E-state index is 0.0195. The predicted molar refractivity (Wildman–Crippen MR) is 92.0 cm³/mol. The molecule has 0 spiro atoms. The summed E-state index contributed by atoms with van der Waals surface area (Å²) in [5.74, 6) is 1.01. The van der Waals surface area contributed by atoms with Crippen molar-refractivity contribution in [1.82, 2.24) is 10.6 Å². The van der Waals surface area contributed by atoms with Crippen molar-refractivity contribution in [2.45, 2.75) is 70.4 Å². The summed E-state index contributed by atoms with van der Waals surface area (Å²) in [6, 6.07) is 6.82. The molecule has 4 heteroatoms. The summed E-state index contributed by atoms with van der Waals surface area (Å²) in [6.45, 7) is 2.85. The molecular formula is C19H28N2O2. The number of carbonyl (C=O) groups excluding carboxylic acids is 1. The number of ether oxygens (including phenoxy) is 1. The van der Waals surface area contributed by atoms with Gasteiger partial charge in [-0.05, 0) is 43.4 Å². The second-order valence-electron chi connectivity index (χ2n) is 6.95. The zero-order chi connectivity index (χ0) is 16.1. The Bertz CT molecular complexity index is 536. The van der Waals surface area contributed by atoms with Crippen molar-refractivity contribution in [3.63, 3.8) is 0 Å². The second kappa shape index (κ2) is 7.71. The van der Waals surface area contributed by atoms with E-state index >= 15 is 0 Å². The van der Waals surface area contributed by atoms with Crippen molar-refractivity contribution in [1.29, 1.82) is 0 Å². The third-order valence-electron chi connectivity index (χ3n) is 4.86. The normalized spacial score (nSPS) is 19.3. The highest BCUT2D eigenvalue weighted by Gasteiger charge is 2.17. The zero-order valence-electron chi connectivity index (χ0n) is 14.1. The highest BCUT2D eigenvalue weighted by molar-refractivity contribution is 5.74. The van der Waals surface area contributed by atoms with Crippen molar-refractivity contribution in [3.8, 4) is 5.75 Å². The first-order valence-electron chi connectivity index (χ1n) is 9.02. The number of rotatable bonds is 4. The van der Waals surface area contributed by atoms with Crippen LogP contribution in [-0.4, -0.2) is 24.7 Å². The van der Waals surface area contributed by atoms with Gasteiger partial charge in [-0.2, -0.15) is 0 Å². The molecule has 1 heterocycles. The number of carbonyl (C=O) groups is 1. The lowest BCUT2D eigenvalue weighted by Crippen LogP contribution is -2.45. The highest BCUT2D eigenvalue weighted by atomic mass is 16.5. The molecule has 0 saturated heterocycles. The van der Waals surface area contributed by atoms with Crippen molar-refractivity contribution in [2.75, 3.05) is 6.61 Å². The topological polar surface area (TPSA) is 50.4 Å². The third-order valence-corrected chi connectivity index (χ3v) is 4.86. The highest BCUT2D eigenvalue weighted by Crippen LogP contribution is 2.26. The molecule has 126 valence electrons. The molecule has 0 aromatic heterocycles. The van der Waals surface area contributed by atoms with Gasteiger partial charge in [0.05, 0.1) is 6.61 Å². The maximum absolute atomic E-state index is 12.2. The average Bonchev–Trinajstić information content (AvgIpc) is 2.83. The minimum atomic E-state index is -0.0195. The fourth-order valence-corrected chi connectivity index (χ4v) is 3.65. The van der Waals surface area contributed by atoms with Crippen LogP contribution in [0.25, 0.3) is 0 Å². The fraction of sp³-hybridized carbons (Fsp3) is 0.632. The number of hydrogen-bond acceptors (Lipinski definition) is 2. The summed E-state index contributed by atoms with van der Waals surface area (Å²) in [5.41, 5.74) is 2.55. The molecule has 1 aromatic rings. The molecule has 1 fully saturated rings. The Kier molecular flexibility index (Phi) is 5.42. The first-order chi connectivity index (χ1) is 11.2. The van der Waals surface area contributed by atoms with Crippen LogP contribution in [0.4, 0.5) is 4.79 Å². The van der Waals surface area contributed by atoms with Gasteiger partial charge in [-0.15, -0.1) is 0 Å². The largest absolute Gasteiger partial charge is 0.493 e. The molecule has 2 aliphatic rings. The quantitative estimate of drug-likeness (QED) is 0.834. The second-order valence-corrected chi connectivity index (χ2v) is 6.95. The smallest absolute Gasteiger partial charge is 0.315 e. The van der Waals surface area contributed by atoms with Crippen molar-refractivity contribution in [3.05, 3.63) is 29.3 Å². The molecule has 1 aromatic carbocycles. The summed E-state index contributed by atoms with van der Waals surface area (Å²) in [7, 11) is 0. The number of urea groups is 1. The fourth-order valence-electron chi connectivity index (χ4n) is 3.65. The molecule has 0 radical (unpaired) electrons. The first-order valence-corrected chi connectivity index (χ1v) is 9.02. The Morgan fingerprint density at radius 3 is 2.83 bits per heavy atom. The molecule has 2 amide bonds. The van der Waals surface area contributed by atoms with E-state index in [1.54, 1.807) is 0 Å². The van der Waals surface area contributed by atoms with Gasteiger partial charge >= 0.3 is 6.03 Å². The SMILES string of the molecule is CC(Cc1ccc2c(c1)CCO2)NC(=O)NC1CCCCCC1. The van der Waals surface area contributed by atoms with Crippen LogP contribution in [0, 0.1) is 0 Å². The Balaban J connectivity index is 1.46. The number of benzene rings is 1. The Morgan fingerprint density at radius 1 is 1.26 bits per heavy atom. The lowest BCUT2D eigenvalue weighted by atomic mass is 10.0. The van der Waals surface area contributed by atoms with Crippen LogP contribution in [0.15, 0.2) is 18.2 Å². The lowest BCUT2D eigenvalue weighted by molar-refractivity contribution is 0.232. The molecule has 1 atom stereocenters. The first kappa shape index (κ1) is 16.2. The van der Waals surface area contributed by atoms with Gasteiger partial charge in [0.15, 0.2) is 0 Å². The standard InChI is InChI=1S/C19H28N2O2/c1-14(12-15-8-9-18-16(13-15)10-11-23-18)20-19(22)21-17-6-4-2-3-5-7-17/h8-9,13-14,17H,2-7,10-12H2,1H3,(H2,20,21,22). The number of fused-ring (bicyclic) bond motifs is 1. The summed E-state index contributed by atoms with van der Waals surface area (Å²) in [4.78, 5) is 12.2. The van der Waals surface area contributed by atoms with Crippen LogP contribution in [0.5, 0.6) is 5.75 Å². The van der Waals surface area contributed by atoms with Gasteiger partial charge in [-0.25, -0.2) is 4.79 Å². The van der Waals surface area contributed by atoms with Crippen LogP contribution in [0.2, 0.25) is 0 Å². The van der Waals surface area contributed by atoms with Gasteiger partial charge in [0.1, 0.15) is 5.75 Å². The number of nitrogens with one attached hydrogen (secondary N) is 2. The van der Waals surface area contributed by atoms with Gasteiger partial charge in [0.2, 0.25) is 0 Å². The van der Waals surface area contributed by atoms with E-state index in [1.807, 2.05) is 0 Å². The van der Waals surface area contributed by atoms with Crippen LogP contribution in [0.1, 0.15) is 56.6 Å². The van der Waals surface area contributed by atoms with E-state index in [-0.39, 0.29) is 12.1 Å². The molecule has 4 nitrogen and oxygen atoms in total. The Morgan fingerprint density at radius 2 is 2.04 bits per heavy atom. The molecule has 2 N–H and O–H groups in total. The molecular weight excluding hydrogens is 288 g/mol. The van der Waals surface area contributed by atoms with Gasteiger partial charge in [-0.1, -0.05) is 37.8 Å². The van der Waals surface area contributed by atoms with E-state index in [0.29, 0.717) is 6.04 Å². The zero-order valence-corrected chi connectivity index (χ0v) is 14.1. The van der Waals surface area contributed by atoms with Crippen LogP contribution in [0.3, 0.4) is 0 Å². The summed E-state index contributed by atoms with van der Waals surface area (Å²) in [6.07, 6.45) is 9.16. The van der Waals surface area contributed by atoms with Gasteiger partial charge in [-0.3, -0.25) is 0 Å². The summed E-state index contributed by atoms with van der Waals surface area (Å²) >= 11 is 0. The van der Waals surface area contributed by atoms with Crippen LogP contribution in [-0.2, 0) is 12.8 Å². The average molecular weight is 316 g/mol. The summed E-state index contributed by atoms with van der Waals surface area (Å²) < 4.78 is 5.54. The van der Waals surface area contributed by atoms with Gasteiger partial charge in [0.25, 0.3) is 0 Å². The van der Waals surface area contributed by atoms with E-state index < -0.39 is 0 Å². The summed E-state index contributed by atoms with van der Waals surface area (Å²) in [5, 5.41) is 6.23. The molecule has 1 saturated carbocycles. The third kappa shape index (κ3) is 4.63. The van der Waals surface area contributed by atoms with Gasteiger partial charge < -0.3 is 15.4 Å². The molecule has 1 unspecified atom stereocenters. The molecule has 23 heavy (non-hydrogen) atoms. The number of amides is 2. The monoisotopic (exact) mass is 316 g/mol. The van der Waals surface area contributed by atoms with Crippen molar-refractivity contribution in [2.24, 2.45) is 0 Å². The van der Waals surface area contributed by atoms with Gasteiger partial charge in [0, 0.05) is 18.5 Å². The lowest BCUT2D eigenvalue weighted by Gasteiger charge is -2.20. The maximum atomic E-state index is 12.2. The van der Waals surface area contributed by atoms with E-state index in [1.165, 1.54) is 36.8 Å². The van der Waals surface area contributed by atoms with E-state index in [2.05, 4.69) is 35.8 Å². The molecule has 0 bridgehead atoms. The van der Waals surface area contributed by atoms with E-state index in [4.69, 9.17) is 4.74 Å². The van der Waals surface area contributed by atoms with Crippen LogP contribution < -0.4 is 15.4 Å². The molecule has 1 aliphatic heterocycles. The molecule has 3 rings (SSSR count). The maximum Gasteiger partial charge on any atom is 0.315 e. The van der Waals surface area contributed by atoms with E-state index in [0.717, 1.165) is 38.0 Å². The van der Waals surface area contributed by atoms with Crippen molar-refractivity contribution >= 4 is 6.03 Å². The Hall–Kier alpha value is -1.71. The van der Waals surface area contributed by atoms with E-state index in [9.17, 15) is 4.79 Å². The Labute approximate surface area is 139 Å². The minimum Gasteiger partial charge on any atom is -0.493 e. The van der Waals surface area contributed by atoms with Crippen LogP contribution >= 0.6 is 0 Å². The predicted octanol–water partition coefficient (Wildman–Crippen LogP) is 3.57. The van der Waals surface area contributed by atoms with Crippen molar-refractivity contribution < 1.29 is 9.53 Å². The number of hydrogen-bond donors (Lipinski definition) is 2. The molecule has 1 aliphatic carbocycles.